The van der Waals surface area contributed by atoms with Crippen molar-refractivity contribution in [3.8, 4) is 17.0 Å². The summed E-state index contributed by atoms with van der Waals surface area (Å²) in [6.07, 6.45) is 3.04. The van der Waals surface area contributed by atoms with Gasteiger partial charge in [0.15, 0.2) is 5.65 Å². The molecule has 26 heavy (non-hydrogen) atoms. The first kappa shape index (κ1) is 18.1. The van der Waals surface area contributed by atoms with Gasteiger partial charge in [-0.2, -0.15) is 9.78 Å². The smallest absolute Gasteiger partial charge is 0.248 e. The molecule has 0 aliphatic carbocycles. The fraction of sp³-hybridized carbons (Fsp3) is 0.350. The first-order valence-electron chi connectivity index (χ1n) is 8.85. The SMILES string of the molecule is CCC(=O)n1nc(-c2ccc(OCCCN(C)C)cc2)c2cccnc21. The Morgan fingerprint density at radius 3 is 2.65 bits per heavy atom. The van der Waals surface area contributed by atoms with Crippen LogP contribution in [0.2, 0.25) is 0 Å². The lowest BCUT2D eigenvalue weighted by molar-refractivity contribution is 0.0898. The molecule has 0 saturated carbocycles. The minimum atomic E-state index is -0.0687. The van der Waals surface area contributed by atoms with Crippen LogP contribution in [-0.4, -0.2) is 52.8 Å². The maximum atomic E-state index is 12.2. The van der Waals surface area contributed by atoms with Crippen LogP contribution in [0.4, 0.5) is 0 Å². The van der Waals surface area contributed by atoms with E-state index in [0.29, 0.717) is 18.7 Å². The average molecular weight is 352 g/mol. The van der Waals surface area contributed by atoms with Gasteiger partial charge in [-0.05, 0) is 56.9 Å². The fourth-order valence-electron chi connectivity index (χ4n) is 2.77. The van der Waals surface area contributed by atoms with Crippen LogP contribution >= 0.6 is 0 Å². The fourth-order valence-corrected chi connectivity index (χ4v) is 2.77. The van der Waals surface area contributed by atoms with Gasteiger partial charge in [0.25, 0.3) is 0 Å². The molecule has 0 N–H and O–H groups in total. The molecule has 2 heterocycles. The Morgan fingerprint density at radius 2 is 1.96 bits per heavy atom. The van der Waals surface area contributed by atoms with Crippen molar-refractivity contribution in [2.45, 2.75) is 19.8 Å². The average Bonchev–Trinajstić information content (AvgIpc) is 3.05. The molecule has 3 rings (SSSR count). The Kier molecular flexibility index (Phi) is 5.63. The summed E-state index contributed by atoms with van der Waals surface area (Å²) in [5, 5.41) is 5.38. The summed E-state index contributed by atoms with van der Waals surface area (Å²) in [6, 6.07) is 11.6. The molecular weight excluding hydrogens is 328 g/mol. The molecule has 136 valence electrons. The zero-order valence-corrected chi connectivity index (χ0v) is 15.5. The molecule has 0 bridgehead atoms. The summed E-state index contributed by atoms with van der Waals surface area (Å²) in [5.41, 5.74) is 2.29. The molecule has 3 aromatic rings. The third-order valence-corrected chi connectivity index (χ3v) is 4.13. The van der Waals surface area contributed by atoms with Crippen molar-refractivity contribution in [2.24, 2.45) is 0 Å². The van der Waals surface area contributed by atoms with Crippen LogP contribution in [-0.2, 0) is 0 Å². The van der Waals surface area contributed by atoms with Crippen LogP contribution in [0.1, 0.15) is 24.6 Å². The quantitative estimate of drug-likeness (QED) is 0.609. The number of benzene rings is 1. The lowest BCUT2D eigenvalue weighted by atomic mass is 10.1. The van der Waals surface area contributed by atoms with Crippen molar-refractivity contribution >= 4 is 16.9 Å². The van der Waals surface area contributed by atoms with E-state index in [9.17, 15) is 4.79 Å². The van der Waals surface area contributed by atoms with Crippen molar-refractivity contribution in [1.29, 1.82) is 0 Å². The minimum Gasteiger partial charge on any atom is -0.494 e. The summed E-state index contributed by atoms with van der Waals surface area (Å²) >= 11 is 0. The molecule has 0 atom stereocenters. The highest BCUT2D eigenvalue weighted by Crippen LogP contribution is 2.28. The van der Waals surface area contributed by atoms with E-state index >= 15 is 0 Å². The molecular formula is C20H24N4O2. The second kappa shape index (κ2) is 8.10. The summed E-state index contributed by atoms with van der Waals surface area (Å²) in [7, 11) is 4.10. The second-order valence-electron chi connectivity index (χ2n) is 6.41. The van der Waals surface area contributed by atoms with Crippen molar-refractivity contribution in [3.63, 3.8) is 0 Å². The predicted octanol–water partition coefficient (Wildman–Crippen LogP) is 3.48. The van der Waals surface area contributed by atoms with Crippen LogP contribution in [0.25, 0.3) is 22.3 Å². The lowest BCUT2D eigenvalue weighted by Crippen LogP contribution is -2.15. The Morgan fingerprint density at radius 1 is 1.19 bits per heavy atom. The van der Waals surface area contributed by atoms with E-state index < -0.39 is 0 Å². The zero-order chi connectivity index (χ0) is 18.5. The topological polar surface area (TPSA) is 60.3 Å². The standard InChI is InChI=1S/C20H24N4O2/c1-4-18(25)24-20-17(7-5-12-21-20)19(22-24)15-8-10-16(11-9-15)26-14-6-13-23(2)3/h5,7-12H,4,6,13-14H2,1-3H3. The van der Waals surface area contributed by atoms with Gasteiger partial charge in [-0.3, -0.25) is 4.79 Å². The Labute approximate surface area is 153 Å². The van der Waals surface area contributed by atoms with Gasteiger partial charge in [-0.25, -0.2) is 4.98 Å². The third-order valence-electron chi connectivity index (χ3n) is 4.13. The van der Waals surface area contributed by atoms with E-state index in [0.717, 1.165) is 35.4 Å². The van der Waals surface area contributed by atoms with Gasteiger partial charge in [0, 0.05) is 30.1 Å². The third kappa shape index (κ3) is 3.91. The molecule has 0 fully saturated rings. The maximum absolute atomic E-state index is 12.2. The van der Waals surface area contributed by atoms with Crippen LogP contribution in [0, 0.1) is 0 Å². The molecule has 0 amide bonds. The van der Waals surface area contributed by atoms with Gasteiger partial charge in [0.05, 0.1) is 6.61 Å². The van der Waals surface area contributed by atoms with Gasteiger partial charge < -0.3 is 9.64 Å². The largest absolute Gasteiger partial charge is 0.494 e. The molecule has 0 radical (unpaired) electrons. The number of rotatable bonds is 7. The number of hydrogen-bond donors (Lipinski definition) is 0. The molecule has 0 unspecified atom stereocenters. The number of nitrogens with zero attached hydrogens (tertiary/aromatic N) is 4. The summed E-state index contributed by atoms with van der Waals surface area (Å²) in [5.74, 6) is 0.764. The molecule has 6 heteroatoms. The summed E-state index contributed by atoms with van der Waals surface area (Å²) < 4.78 is 7.18. The first-order valence-corrected chi connectivity index (χ1v) is 8.85. The van der Waals surface area contributed by atoms with E-state index in [4.69, 9.17) is 4.74 Å². The number of carbonyl (C=O) groups is 1. The number of fused-ring (bicyclic) bond motifs is 1. The van der Waals surface area contributed by atoms with Gasteiger partial charge >= 0.3 is 0 Å². The van der Waals surface area contributed by atoms with Gasteiger partial charge in [0.1, 0.15) is 11.4 Å². The van der Waals surface area contributed by atoms with Crippen LogP contribution < -0.4 is 4.74 Å². The van der Waals surface area contributed by atoms with Crippen molar-refractivity contribution < 1.29 is 9.53 Å². The summed E-state index contributed by atoms with van der Waals surface area (Å²) in [6.45, 7) is 3.50. The molecule has 2 aromatic heterocycles. The van der Waals surface area contributed by atoms with Gasteiger partial charge in [-0.15, -0.1) is 0 Å². The molecule has 0 spiro atoms. The zero-order valence-electron chi connectivity index (χ0n) is 15.5. The molecule has 1 aromatic carbocycles. The van der Waals surface area contributed by atoms with E-state index in [-0.39, 0.29) is 5.91 Å². The lowest BCUT2D eigenvalue weighted by Gasteiger charge is -2.10. The molecule has 0 aliphatic heterocycles. The maximum Gasteiger partial charge on any atom is 0.248 e. The number of hydrogen-bond acceptors (Lipinski definition) is 5. The highest BCUT2D eigenvalue weighted by atomic mass is 16.5. The predicted molar refractivity (Wildman–Crippen MR) is 103 cm³/mol. The molecule has 0 aliphatic rings. The van der Waals surface area contributed by atoms with Crippen LogP contribution in [0.15, 0.2) is 42.6 Å². The molecule has 6 nitrogen and oxygen atoms in total. The van der Waals surface area contributed by atoms with Crippen molar-refractivity contribution in [2.75, 3.05) is 27.2 Å². The Balaban J connectivity index is 1.82. The normalized spacial score (nSPS) is 11.2. The van der Waals surface area contributed by atoms with Crippen molar-refractivity contribution in [3.05, 3.63) is 42.6 Å². The van der Waals surface area contributed by atoms with Gasteiger partial charge in [0.2, 0.25) is 5.91 Å². The Hall–Kier alpha value is -2.73. The highest BCUT2D eigenvalue weighted by Gasteiger charge is 2.16. The van der Waals surface area contributed by atoms with E-state index in [1.807, 2.05) is 43.3 Å². The van der Waals surface area contributed by atoms with E-state index in [1.54, 1.807) is 6.20 Å². The monoisotopic (exact) mass is 352 g/mol. The van der Waals surface area contributed by atoms with Crippen LogP contribution in [0.5, 0.6) is 5.75 Å². The number of pyridine rings is 1. The second-order valence-corrected chi connectivity index (χ2v) is 6.41. The molecule has 0 saturated heterocycles. The summed E-state index contributed by atoms with van der Waals surface area (Å²) in [4.78, 5) is 18.6. The number of aromatic nitrogens is 3. The van der Waals surface area contributed by atoms with Gasteiger partial charge in [-0.1, -0.05) is 6.92 Å². The minimum absolute atomic E-state index is 0.0687. The first-order chi connectivity index (χ1) is 12.6. The Bertz CT molecular complexity index is 884. The van der Waals surface area contributed by atoms with E-state index in [1.165, 1.54) is 4.68 Å². The van der Waals surface area contributed by atoms with E-state index in [2.05, 4.69) is 29.1 Å². The van der Waals surface area contributed by atoms with Crippen LogP contribution in [0.3, 0.4) is 0 Å². The highest BCUT2D eigenvalue weighted by molar-refractivity contribution is 5.96. The number of carbonyl (C=O) groups excluding carboxylic acids is 1. The number of ether oxygens (including phenoxy) is 1. The van der Waals surface area contributed by atoms with Crippen molar-refractivity contribution in [1.82, 2.24) is 19.7 Å².